The van der Waals surface area contributed by atoms with E-state index in [1.54, 1.807) is 0 Å². The van der Waals surface area contributed by atoms with Crippen LogP contribution >= 0.6 is 25.5 Å². The predicted molar refractivity (Wildman–Crippen MR) is 33.9 cm³/mol. The molecule has 62 valence electrons. The Morgan fingerprint density at radius 2 is 1.30 bits per heavy atom. The summed E-state index contributed by atoms with van der Waals surface area (Å²) in [5.74, 6) is 0. The first-order valence-corrected chi connectivity index (χ1v) is 5.33. The summed E-state index contributed by atoms with van der Waals surface area (Å²) in [5.41, 5.74) is 0. The molecule has 0 aromatic carbocycles. The zero-order valence-electron chi connectivity index (χ0n) is 4.41. The summed E-state index contributed by atoms with van der Waals surface area (Å²) in [5, 5.41) is 0. The van der Waals surface area contributed by atoms with Crippen LogP contribution in [0.15, 0.2) is 0 Å². The number of rotatable bonds is 4. The molecule has 0 amide bonds. The van der Waals surface area contributed by atoms with Crippen molar-refractivity contribution in [1.29, 1.82) is 0 Å². The van der Waals surface area contributed by atoms with E-state index < -0.39 is 25.5 Å². The Morgan fingerprint density at radius 3 is 1.50 bits per heavy atom. The molecule has 0 aromatic rings. The Kier molecular flexibility index (Phi) is 5.96. The number of hydrogen-bond donors (Lipinski definition) is 4. The topological polar surface area (TPSA) is 116 Å². The molecule has 0 aliphatic heterocycles. The van der Waals surface area contributed by atoms with Gasteiger partial charge in [-0.1, -0.05) is 0 Å². The first-order chi connectivity index (χ1) is 4.52. The van der Waals surface area contributed by atoms with Crippen LogP contribution < -0.4 is 0 Å². The van der Waals surface area contributed by atoms with Crippen LogP contribution in [0.25, 0.3) is 0 Å². The van der Waals surface area contributed by atoms with Gasteiger partial charge in [-0.15, -0.1) is 0 Å². The lowest BCUT2D eigenvalue weighted by Crippen LogP contribution is -1.74. The third-order valence-corrected chi connectivity index (χ3v) is 2.81. The van der Waals surface area contributed by atoms with Crippen molar-refractivity contribution in [2.75, 3.05) is 0 Å². The van der Waals surface area contributed by atoms with Gasteiger partial charge in [-0.3, -0.25) is 4.57 Å². The van der Waals surface area contributed by atoms with Gasteiger partial charge in [0.25, 0.3) is 0 Å². The molecule has 0 radical (unpaired) electrons. The Labute approximate surface area is 59.2 Å². The van der Waals surface area contributed by atoms with Gasteiger partial charge in [-0.05, 0) is 0 Å². The summed E-state index contributed by atoms with van der Waals surface area (Å²) in [6, 6.07) is 0. The van der Waals surface area contributed by atoms with Crippen LogP contribution in [-0.4, -0.2) is 19.6 Å². The van der Waals surface area contributed by atoms with Crippen molar-refractivity contribution >= 4 is 25.5 Å². The van der Waals surface area contributed by atoms with Crippen molar-refractivity contribution in [3.63, 3.8) is 0 Å². The third kappa shape index (κ3) is 6.96. The lowest BCUT2D eigenvalue weighted by molar-refractivity contribution is 0.325. The van der Waals surface area contributed by atoms with E-state index in [1.165, 1.54) is 0 Å². The zero-order chi connectivity index (χ0) is 8.15. The maximum Gasteiger partial charge on any atom is 0.334 e. The van der Waals surface area contributed by atoms with Crippen LogP contribution in [0.1, 0.15) is 0 Å². The quantitative estimate of drug-likeness (QED) is 0.476. The van der Waals surface area contributed by atoms with Gasteiger partial charge in [0, 0.05) is 0 Å². The molecule has 10 heteroatoms. The SMILES string of the molecule is O=[PH](OP(O)O)OP(O)O. The van der Waals surface area contributed by atoms with E-state index >= 15 is 0 Å². The molecule has 0 aliphatic carbocycles. The lowest BCUT2D eigenvalue weighted by atomic mass is 15.7. The normalized spacial score (nSPS) is 11.9. The fraction of sp³-hybridized carbons (Fsp3) is 0. The molecule has 0 unspecified atom stereocenters. The van der Waals surface area contributed by atoms with E-state index in [-0.39, 0.29) is 0 Å². The van der Waals surface area contributed by atoms with Gasteiger partial charge in [0.05, 0.1) is 0 Å². The minimum Gasteiger partial charge on any atom is -0.328 e. The molecule has 0 saturated heterocycles. The average molecular weight is 210 g/mol. The predicted octanol–water partition coefficient (Wildman–Crippen LogP) is -0.168. The van der Waals surface area contributed by atoms with Gasteiger partial charge in [-0.2, -0.15) is 0 Å². The van der Waals surface area contributed by atoms with Gasteiger partial charge in [0.1, 0.15) is 0 Å². The molecule has 0 aromatic heterocycles. The first kappa shape index (κ1) is 10.8. The molecule has 4 N–H and O–H groups in total. The van der Waals surface area contributed by atoms with E-state index in [0.29, 0.717) is 0 Å². The highest BCUT2D eigenvalue weighted by Crippen LogP contribution is 2.48. The molecule has 0 rings (SSSR count). The molecular weight excluding hydrogens is 205 g/mol. The fourth-order valence-corrected chi connectivity index (χ4v) is 1.65. The van der Waals surface area contributed by atoms with Crippen molar-refractivity contribution in [3.8, 4) is 0 Å². The summed E-state index contributed by atoms with van der Waals surface area (Å²) in [6.45, 7) is 0. The molecule has 0 heterocycles. The molecule has 0 bridgehead atoms. The molecular formula is H5O7P3. The van der Waals surface area contributed by atoms with Crippen LogP contribution in [0.4, 0.5) is 0 Å². The largest absolute Gasteiger partial charge is 0.334 e. The fourth-order valence-electron chi connectivity index (χ4n) is 0.150. The van der Waals surface area contributed by atoms with Gasteiger partial charge in [-0.25, -0.2) is 8.62 Å². The maximum absolute atomic E-state index is 10.2. The second kappa shape index (κ2) is 5.49. The molecule has 0 spiro atoms. The maximum atomic E-state index is 10.2. The Bertz CT molecular complexity index is 95.4. The minimum absolute atomic E-state index is 2.77. The highest BCUT2D eigenvalue weighted by molar-refractivity contribution is 7.56. The summed E-state index contributed by atoms with van der Waals surface area (Å²) in [7, 11) is -8.73. The standard InChI is InChI=1S/H5O7P3/c1-8(2)6-10(5)7-9(3)4/h1-4,10H. The van der Waals surface area contributed by atoms with Crippen LogP contribution in [0.3, 0.4) is 0 Å². The summed E-state index contributed by atoms with van der Waals surface area (Å²) in [4.78, 5) is 32.1. The minimum atomic E-state index is -3.18. The van der Waals surface area contributed by atoms with Crippen LogP contribution in [0.5, 0.6) is 0 Å². The second-order valence-corrected chi connectivity index (χ2v) is 3.91. The van der Waals surface area contributed by atoms with Gasteiger partial charge in [0.2, 0.25) is 0 Å². The molecule has 0 atom stereocenters. The highest BCUT2D eigenvalue weighted by atomic mass is 31.3. The Balaban J connectivity index is 3.44. The smallest absolute Gasteiger partial charge is 0.328 e. The summed E-state index contributed by atoms with van der Waals surface area (Å²) >= 11 is 0. The van der Waals surface area contributed by atoms with Crippen molar-refractivity contribution in [2.24, 2.45) is 0 Å². The molecule has 7 nitrogen and oxygen atoms in total. The van der Waals surface area contributed by atoms with Crippen molar-refractivity contribution < 1.29 is 32.8 Å². The second-order valence-electron chi connectivity index (χ2n) is 0.938. The van der Waals surface area contributed by atoms with E-state index in [9.17, 15) is 4.57 Å². The summed E-state index contributed by atoms with van der Waals surface area (Å²) in [6.07, 6.45) is 0. The van der Waals surface area contributed by atoms with Crippen molar-refractivity contribution in [1.82, 2.24) is 0 Å². The average Bonchev–Trinajstić information content (AvgIpc) is 1.58. The van der Waals surface area contributed by atoms with E-state index in [1.807, 2.05) is 0 Å². The van der Waals surface area contributed by atoms with Gasteiger partial charge < -0.3 is 19.6 Å². The number of hydrogen-bond acceptors (Lipinski definition) is 7. The van der Waals surface area contributed by atoms with Crippen LogP contribution in [0.2, 0.25) is 0 Å². The van der Waals surface area contributed by atoms with Gasteiger partial charge in [0.15, 0.2) is 0 Å². The monoisotopic (exact) mass is 210 g/mol. The zero-order valence-corrected chi connectivity index (χ0v) is 7.20. The lowest BCUT2D eigenvalue weighted by Gasteiger charge is -2.03. The third-order valence-electron chi connectivity index (χ3n) is 0.312. The molecule has 0 fully saturated rings. The Hall–Kier alpha value is 0.850. The first-order valence-electron chi connectivity index (χ1n) is 1.78. The van der Waals surface area contributed by atoms with Gasteiger partial charge >= 0.3 is 25.5 Å². The Morgan fingerprint density at radius 1 is 1.00 bits per heavy atom. The van der Waals surface area contributed by atoms with E-state index in [4.69, 9.17) is 19.6 Å². The van der Waals surface area contributed by atoms with E-state index in [0.717, 1.165) is 0 Å². The van der Waals surface area contributed by atoms with Crippen molar-refractivity contribution in [3.05, 3.63) is 0 Å². The molecule has 0 saturated carbocycles. The molecule has 10 heavy (non-hydrogen) atoms. The van der Waals surface area contributed by atoms with Crippen LogP contribution in [0, 0.1) is 0 Å². The van der Waals surface area contributed by atoms with E-state index in [2.05, 4.69) is 8.62 Å². The highest BCUT2D eigenvalue weighted by Gasteiger charge is 2.11. The molecule has 0 aliphatic rings. The van der Waals surface area contributed by atoms with Crippen LogP contribution in [-0.2, 0) is 13.2 Å². The summed E-state index contributed by atoms with van der Waals surface area (Å²) < 4.78 is 17.7. The van der Waals surface area contributed by atoms with Crippen molar-refractivity contribution in [2.45, 2.75) is 0 Å².